The maximum Gasteiger partial charge on any atom is 0.0589 e. The van der Waals surface area contributed by atoms with Crippen molar-refractivity contribution in [2.24, 2.45) is 11.1 Å². The summed E-state index contributed by atoms with van der Waals surface area (Å²) in [6.07, 6.45) is 2.62. The van der Waals surface area contributed by atoms with Crippen LogP contribution in [0, 0.1) is 5.41 Å². The van der Waals surface area contributed by atoms with Gasteiger partial charge in [-0.05, 0) is 31.3 Å². The summed E-state index contributed by atoms with van der Waals surface area (Å²) in [5.74, 6) is 0. The lowest BCUT2D eigenvalue weighted by atomic mass is 10.1. The number of nitrogens with two attached hydrogens (primary N) is 1. The van der Waals surface area contributed by atoms with Crippen molar-refractivity contribution < 1.29 is 4.74 Å². The van der Waals surface area contributed by atoms with Gasteiger partial charge in [0.25, 0.3) is 0 Å². The topological polar surface area (TPSA) is 38.5 Å². The molecular formula is C10H22N2O. The molecule has 0 amide bonds. The number of nitrogens with zero attached hydrogens (tertiary/aromatic N) is 1. The molecule has 1 aliphatic rings. The lowest BCUT2D eigenvalue weighted by molar-refractivity contribution is 0.137. The standard InChI is InChI=1S/C10H22N2O/c1-3-12(6-7-13-2)9-10(8-11)4-5-10/h3-9,11H2,1-2H3. The summed E-state index contributed by atoms with van der Waals surface area (Å²) < 4.78 is 5.07. The van der Waals surface area contributed by atoms with Crippen molar-refractivity contribution in [1.29, 1.82) is 0 Å². The first-order valence-corrected chi connectivity index (χ1v) is 5.18. The summed E-state index contributed by atoms with van der Waals surface area (Å²) in [6, 6.07) is 0. The molecule has 0 bridgehead atoms. The van der Waals surface area contributed by atoms with E-state index in [-0.39, 0.29) is 0 Å². The van der Waals surface area contributed by atoms with E-state index in [4.69, 9.17) is 10.5 Å². The zero-order chi connectivity index (χ0) is 9.73. The Labute approximate surface area is 81.2 Å². The van der Waals surface area contributed by atoms with Gasteiger partial charge in [0.2, 0.25) is 0 Å². The summed E-state index contributed by atoms with van der Waals surface area (Å²) in [5, 5.41) is 0. The van der Waals surface area contributed by atoms with E-state index in [0.717, 1.165) is 32.8 Å². The van der Waals surface area contributed by atoms with Crippen LogP contribution in [0.3, 0.4) is 0 Å². The minimum absolute atomic E-state index is 0.462. The third-order valence-electron chi connectivity index (χ3n) is 3.01. The predicted molar refractivity (Wildman–Crippen MR) is 54.7 cm³/mol. The smallest absolute Gasteiger partial charge is 0.0589 e. The minimum Gasteiger partial charge on any atom is -0.383 e. The molecule has 13 heavy (non-hydrogen) atoms. The highest BCUT2D eigenvalue weighted by atomic mass is 16.5. The molecule has 0 aromatic heterocycles. The first kappa shape index (κ1) is 11.0. The van der Waals surface area contributed by atoms with Gasteiger partial charge >= 0.3 is 0 Å². The van der Waals surface area contributed by atoms with Crippen LogP contribution >= 0.6 is 0 Å². The molecule has 0 unspecified atom stereocenters. The molecule has 0 aromatic rings. The fourth-order valence-corrected chi connectivity index (χ4v) is 1.65. The van der Waals surface area contributed by atoms with E-state index >= 15 is 0 Å². The lowest BCUT2D eigenvalue weighted by Gasteiger charge is -2.24. The van der Waals surface area contributed by atoms with Crippen LogP contribution in [0.4, 0.5) is 0 Å². The molecule has 1 fully saturated rings. The molecule has 0 atom stereocenters. The normalized spacial score (nSPS) is 19.4. The highest BCUT2D eigenvalue weighted by Crippen LogP contribution is 2.44. The van der Waals surface area contributed by atoms with Gasteiger partial charge in [0, 0.05) is 20.2 Å². The van der Waals surface area contributed by atoms with Crippen molar-refractivity contribution in [2.75, 3.05) is 39.9 Å². The van der Waals surface area contributed by atoms with Gasteiger partial charge in [-0.1, -0.05) is 6.92 Å². The fraction of sp³-hybridized carbons (Fsp3) is 1.00. The van der Waals surface area contributed by atoms with Gasteiger partial charge in [-0.3, -0.25) is 0 Å². The average Bonchev–Trinajstić information content (AvgIpc) is 2.93. The summed E-state index contributed by atoms with van der Waals surface area (Å²) in [5.41, 5.74) is 6.20. The van der Waals surface area contributed by atoms with Gasteiger partial charge in [-0.2, -0.15) is 0 Å². The molecule has 0 aliphatic heterocycles. The van der Waals surface area contributed by atoms with Crippen LogP contribution < -0.4 is 5.73 Å². The second-order valence-corrected chi connectivity index (χ2v) is 4.07. The second kappa shape index (κ2) is 4.94. The van der Waals surface area contributed by atoms with E-state index < -0.39 is 0 Å². The molecule has 0 radical (unpaired) electrons. The van der Waals surface area contributed by atoms with Crippen molar-refractivity contribution >= 4 is 0 Å². The van der Waals surface area contributed by atoms with Crippen LogP contribution in [0.1, 0.15) is 19.8 Å². The Kier molecular flexibility index (Phi) is 4.16. The highest BCUT2D eigenvalue weighted by molar-refractivity contribution is 4.96. The van der Waals surface area contributed by atoms with Gasteiger partial charge in [-0.25, -0.2) is 0 Å². The Bertz CT molecular complexity index is 146. The second-order valence-electron chi connectivity index (χ2n) is 4.07. The maximum absolute atomic E-state index is 5.74. The number of likely N-dealkylation sites (N-methyl/N-ethyl adjacent to an activating group) is 1. The van der Waals surface area contributed by atoms with Crippen LogP contribution in [0.15, 0.2) is 0 Å². The van der Waals surface area contributed by atoms with Crippen LogP contribution in [-0.2, 0) is 4.74 Å². The molecule has 1 saturated carbocycles. The molecule has 3 heteroatoms. The Balaban J connectivity index is 2.22. The number of hydrogen-bond donors (Lipinski definition) is 1. The number of hydrogen-bond acceptors (Lipinski definition) is 3. The van der Waals surface area contributed by atoms with Gasteiger partial charge in [0.05, 0.1) is 6.61 Å². The van der Waals surface area contributed by atoms with E-state index in [9.17, 15) is 0 Å². The number of rotatable bonds is 7. The van der Waals surface area contributed by atoms with Crippen molar-refractivity contribution in [1.82, 2.24) is 4.90 Å². The lowest BCUT2D eigenvalue weighted by Crippen LogP contribution is -2.36. The Hall–Kier alpha value is -0.120. The van der Waals surface area contributed by atoms with Crippen molar-refractivity contribution in [2.45, 2.75) is 19.8 Å². The zero-order valence-electron chi connectivity index (χ0n) is 8.88. The minimum atomic E-state index is 0.462. The quantitative estimate of drug-likeness (QED) is 0.636. The van der Waals surface area contributed by atoms with Crippen LogP contribution in [0.2, 0.25) is 0 Å². The van der Waals surface area contributed by atoms with Gasteiger partial charge < -0.3 is 15.4 Å². The van der Waals surface area contributed by atoms with Crippen molar-refractivity contribution in [3.05, 3.63) is 0 Å². The largest absolute Gasteiger partial charge is 0.383 e. The van der Waals surface area contributed by atoms with Crippen LogP contribution in [-0.4, -0.2) is 44.8 Å². The highest BCUT2D eigenvalue weighted by Gasteiger charge is 2.41. The molecule has 1 aliphatic carbocycles. The van der Waals surface area contributed by atoms with E-state index in [1.807, 2.05) is 0 Å². The van der Waals surface area contributed by atoms with E-state index in [1.165, 1.54) is 12.8 Å². The van der Waals surface area contributed by atoms with E-state index in [2.05, 4.69) is 11.8 Å². The molecule has 1 rings (SSSR count). The summed E-state index contributed by atoms with van der Waals surface area (Å²) in [6.45, 7) is 7.16. The van der Waals surface area contributed by atoms with Crippen LogP contribution in [0.5, 0.6) is 0 Å². The third kappa shape index (κ3) is 3.25. The summed E-state index contributed by atoms with van der Waals surface area (Å²) in [7, 11) is 1.75. The molecule has 0 heterocycles. The maximum atomic E-state index is 5.74. The Morgan fingerprint density at radius 1 is 1.46 bits per heavy atom. The summed E-state index contributed by atoms with van der Waals surface area (Å²) in [4.78, 5) is 2.43. The van der Waals surface area contributed by atoms with E-state index in [0.29, 0.717) is 5.41 Å². The Morgan fingerprint density at radius 2 is 2.15 bits per heavy atom. The first-order chi connectivity index (χ1) is 6.26. The predicted octanol–water partition coefficient (Wildman–Crippen LogP) is 0.694. The number of methoxy groups -OCH3 is 1. The fourth-order valence-electron chi connectivity index (χ4n) is 1.65. The first-order valence-electron chi connectivity index (χ1n) is 5.18. The summed E-state index contributed by atoms with van der Waals surface area (Å²) >= 11 is 0. The third-order valence-corrected chi connectivity index (χ3v) is 3.01. The molecule has 2 N–H and O–H groups in total. The van der Waals surface area contributed by atoms with Gasteiger partial charge in [0.15, 0.2) is 0 Å². The molecule has 0 saturated heterocycles. The molecular weight excluding hydrogens is 164 g/mol. The van der Waals surface area contributed by atoms with E-state index in [1.54, 1.807) is 7.11 Å². The average molecular weight is 186 g/mol. The monoisotopic (exact) mass is 186 g/mol. The SMILES string of the molecule is CCN(CCOC)CC1(CN)CC1. The molecule has 78 valence electrons. The van der Waals surface area contributed by atoms with Crippen LogP contribution in [0.25, 0.3) is 0 Å². The molecule has 3 nitrogen and oxygen atoms in total. The van der Waals surface area contributed by atoms with Crippen molar-refractivity contribution in [3.63, 3.8) is 0 Å². The van der Waals surface area contributed by atoms with Crippen molar-refractivity contribution in [3.8, 4) is 0 Å². The van der Waals surface area contributed by atoms with Gasteiger partial charge in [-0.15, -0.1) is 0 Å². The molecule has 0 spiro atoms. The Morgan fingerprint density at radius 3 is 2.54 bits per heavy atom. The molecule has 0 aromatic carbocycles. The number of ether oxygens (including phenoxy) is 1. The van der Waals surface area contributed by atoms with Gasteiger partial charge in [0.1, 0.15) is 0 Å². The zero-order valence-corrected chi connectivity index (χ0v) is 8.88.